The van der Waals surface area contributed by atoms with Gasteiger partial charge in [0.2, 0.25) is 0 Å². The number of ether oxygens (including phenoxy) is 1. The minimum atomic E-state index is -4.77. The molecule has 1 amide bonds. The topological polar surface area (TPSA) is 63.5 Å². The van der Waals surface area contributed by atoms with Crippen molar-refractivity contribution in [2.75, 3.05) is 32.1 Å². The molecule has 0 spiro atoms. The van der Waals surface area contributed by atoms with E-state index in [0.717, 1.165) is 11.3 Å². The Kier molecular flexibility index (Phi) is 7.32. The van der Waals surface area contributed by atoms with Crippen molar-refractivity contribution in [3.8, 4) is 5.75 Å². The fourth-order valence-electron chi connectivity index (χ4n) is 2.74. The van der Waals surface area contributed by atoms with Gasteiger partial charge in [0.25, 0.3) is 5.91 Å². The molecule has 0 unspecified atom stereocenters. The van der Waals surface area contributed by atoms with Crippen LogP contribution in [-0.4, -0.2) is 59.1 Å². The molecule has 0 N–H and O–H groups in total. The lowest BCUT2D eigenvalue weighted by molar-refractivity contribution is -0.274. The van der Waals surface area contributed by atoms with E-state index in [2.05, 4.69) is 14.8 Å². The molecule has 3 rings (SSSR count). The van der Waals surface area contributed by atoms with Gasteiger partial charge >= 0.3 is 6.36 Å². The molecule has 0 saturated heterocycles. The van der Waals surface area contributed by atoms with E-state index in [-0.39, 0.29) is 24.1 Å². The number of carbonyl (C=O) groups excluding carboxylic acids is 1. The molecule has 0 radical (unpaired) electrons. The van der Waals surface area contributed by atoms with Crippen molar-refractivity contribution in [2.45, 2.75) is 13.3 Å². The normalized spacial score (nSPS) is 11.6. The number of thiazole rings is 1. The Balaban J connectivity index is 0.00000320. The number of benzene rings is 1. The van der Waals surface area contributed by atoms with Crippen LogP contribution < -0.4 is 9.64 Å². The zero-order valence-electron chi connectivity index (χ0n) is 16.7. The Morgan fingerprint density at radius 1 is 1.23 bits per heavy atom. The summed E-state index contributed by atoms with van der Waals surface area (Å²) in [7, 11) is 5.45. The lowest BCUT2D eigenvalue weighted by Gasteiger charge is -2.21. The number of carbonyl (C=O) groups is 1. The van der Waals surface area contributed by atoms with Gasteiger partial charge in [-0.1, -0.05) is 11.3 Å². The smallest absolute Gasteiger partial charge is 0.406 e. The summed E-state index contributed by atoms with van der Waals surface area (Å²) in [6, 6.07) is 5.61. The van der Waals surface area contributed by atoms with Gasteiger partial charge in [-0.2, -0.15) is 5.10 Å². The lowest BCUT2D eigenvalue weighted by atomic mass is 10.3. The average molecular weight is 464 g/mol. The number of anilines is 1. The van der Waals surface area contributed by atoms with Gasteiger partial charge in [0.15, 0.2) is 5.13 Å². The molecule has 0 saturated carbocycles. The fraction of sp³-hybridized carbons (Fsp3) is 0.389. The third kappa shape index (κ3) is 5.61. The Hall–Kier alpha value is -2.37. The zero-order chi connectivity index (χ0) is 21.3. The molecular formula is C18H21ClF3N5O2S. The van der Waals surface area contributed by atoms with Crippen molar-refractivity contribution < 1.29 is 22.7 Å². The van der Waals surface area contributed by atoms with Crippen molar-refractivity contribution in [3.63, 3.8) is 0 Å². The number of hydrogen-bond donors (Lipinski definition) is 0. The summed E-state index contributed by atoms with van der Waals surface area (Å²) in [5.41, 5.74) is 1.60. The summed E-state index contributed by atoms with van der Waals surface area (Å²) in [6.45, 7) is 2.74. The van der Waals surface area contributed by atoms with Crippen molar-refractivity contribution in [3.05, 3.63) is 35.7 Å². The number of amides is 1. The average Bonchev–Trinajstić information content (AvgIpc) is 3.15. The van der Waals surface area contributed by atoms with Crippen LogP contribution >= 0.6 is 23.7 Å². The largest absolute Gasteiger partial charge is 0.573 e. The van der Waals surface area contributed by atoms with Crippen LogP contribution in [0, 0.1) is 6.92 Å². The summed E-state index contributed by atoms with van der Waals surface area (Å²) in [5.74, 6) is -0.602. The number of alkyl halides is 3. The van der Waals surface area contributed by atoms with Gasteiger partial charge in [0.05, 0.1) is 15.9 Å². The van der Waals surface area contributed by atoms with E-state index in [1.807, 2.05) is 19.0 Å². The van der Waals surface area contributed by atoms with Crippen LogP contribution in [0.2, 0.25) is 0 Å². The zero-order valence-corrected chi connectivity index (χ0v) is 18.4. The molecule has 0 aliphatic carbocycles. The molecule has 0 aliphatic heterocycles. The number of likely N-dealkylation sites (N-methyl/N-ethyl adjacent to an activating group) is 1. The molecule has 2 heterocycles. The minimum Gasteiger partial charge on any atom is -0.406 e. The predicted molar refractivity (Wildman–Crippen MR) is 112 cm³/mol. The molecule has 3 aromatic rings. The number of rotatable bonds is 6. The van der Waals surface area contributed by atoms with Crippen LogP contribution in [0.4, 0.5) is 18.3 Å². The van der Waals surface area contributed by atoms with Gasteiger partial charge in [-0.25, -0.2) is 4.98 Å². The van der Waals surface area contributed by atoms with Crippen LogP contribution in [0.3, 0.4) is 0 Å². The SMILES string of the molecule is Cc1cc(C(=O)N(CCN(C)C)c2nc3ccc(OC(F)(F)F)cc3s2)n(C)n1.Cl. The van der Waals surface area contributed by atoms with E-state index >= 15 is 0 Å². The monoisotopic (exact) mass is 463 g/mol. The Morgan fingerprint density at radius 2 is 1.93 bits per heavy atom. The molecule has 0 fully saturated rings. The first-order chi connectivity index (χ1) is 13.5. The minimum absolute atomic E-state index is 0. The second kappa shape index (κ2) is 9.19. The number of aromatic nitrogens is 3. The van der Waals surface area contributed by atoms with E-state index in [0.29, 0.717) is 39.8 Å². The van der Waals surface area contributed by atoms with Crippen molar-refractivity contribution >= 4 is 45.0 Å². The molecule has 0 bridgehead atoms. The van der Waals surface area contributed by atoms with Gasteiger partial charge in [-0.05, 0) is 39.2 Å². The third-order valence-corrected chi connectivity index (χ3v) is 5.09. The number of fused-ring (bicyclic) bond motifs is 1. The Bertz CT molecular complexity index is 1030. The first-order valence-electron chi connectivity index (χ1n) is 8.67. The first kappa shape index (κ1) is 23.9. The summed E-state index contributed by atoms with van der Waals surface area (Å²) in [6.07, 6.45) is -4.77. The molecule has 1 aromatic carbocycles. The van der Waals surface area contributed by atoms with Gasteiger partial charge in [-0.15, -0.1) is 25.6 Å². The Labute approximate surface area is 181 Å². The predicted octanol–water partition coefficient (Wildman–Crippen LogP) is 3.87. The van der Waals surface area contributed by atoms with Crippen molar-refractivity contribution in [1.82, 2.24) is 19.7 Å². The third-order valence-electron chi connectivity index (χ3n) is 4.05. The maximum atomic E-state index is 13.2. The number of hydrogen-bond acceptors (Lipinski definition) is 6. The highest BCUT2D eigenvalue weighted by Crippen LogP contribution is 2.33. The van der Waals surface area contributed by atoms with Gasteiger partial charge in [0.1, 0.15) is 11.4 Å². The highest BCUT2D eigenvalue weighted by molar-refractivity contribution is 7.22. The van der Waals surface area contributed by atoms with E-state index in [1.165, 1.54) is 27.8 Å². The second-order valence-corrected chi connectivity index (χ2v) is 7.74. The molecule has 0 atom stereocenters. The molecule has 164 valence electrons. The quantitative estimate of drug-likeness (QED) is 0.555. The van der Waals surface area contributed by atoms with E-state index in [9.17, 15) is 18.0 Å². The summed E-state index contributed by atoms with van der Waals surface area (Å²) >= 11 is 1.13. The van der Waals surface area contributed by atoms with Crippen LogP contribution in [0.25, 0.3) is 10.2 Å². The van der Waals surface area contributed by atoms with Crippen molar-refractivity contribution in [2.24, 2.45) is 7.05 Å². The number of halogens is 4. The summed E-state index contributed by atoms with van der Waals surface area (Å²) < 4.78 is 43.4. The van der Waals surface area contributed by atoms with Gasteiger partial charge in [-0.3, -0.25) is 14.4 Å². The maximum Gasteiger partial charge on any atom is 0.573 e. The highest BCUT2D eigenvalue weighted by atomic mass is 35.5. The number of aryl methyl sites for hydroxylation is 2. The summed E-state index contributed by atoms with van der Waals surface area (Å²) in [5, 5.41) is 4.61. The fourth-order valence-corrected chi connectivity index (χ4v) is 3.76. The molecule has 0 aliphatic rings. The van der Waals surface area contributed by atoms with Crippen molar-refractivity contribution in [1.29, 1.82) is 0 Å². The van der Waals surface area contributed by atoms with Gasteiger partial charge < -0.3 is 9.64 Å². The summed E-state index contributed by atoms with van der Waals surface area (Å²) in [4.78, 5) is 21.1. The van der Waals surface area contributed by atoms with E-state index in [4.69, 9.17) is 0 Å². The van der Waals surface area contributed by atoms with Crippen LogP contribution in [-0.2, 0) is 7.05 Å². The standard InChI is InChI=1S/C18H20F3N5O2S.ClH/c1-11-9-14(25(4)23-11)16(27)26(8-7-24(2)3)17-22-13-6-5-12(10-15(13)29-17)28-18(19,20)21;/h5-6,9-10H,7-8H2,1-4H3;1H. The second-order valence-electron chi connectivity index (χ2n) is 6.73. The van der Waals surface area contributed by atoms with E-state index in [1.54, 1.807) is 20.0 Å². The molecule has 7 nitrogen and oxygen atoms in total. The van der Waals surface area contributed by atoms with E-state index < -0.39 is 6.36 Å². The Morgan fingerprint density at radius 3 is 2.50 bits per heavy atom. The molecule has 12 heteroatoms. The van der Waals surface area contributed by atoms with Crippen LogP contribution in [0.1, 0.15) is 16.2 Å². The lowest BCUT2D eigenvalue weighted by Crippen LogP contribution is -2.37. The molecule has 30 heavy (non-hydrogen) atoms. The van der Waals surface area contributed by atoms with Crippen LogP contribution in [0.15, 0.2) is 24.3 Å². The first-order valence-corrected chi connectivity index (χ1v) is 9.49. The molecular weight excluding hydrogens is 443 g/mol. The molecule has 2 aromatic heterocycles. The highest BCUT2D eigenvalue weighted by Gasteiger charge is 2.31. The van der Waals surface area contributed by atoms with Gasteiger partial charge in [0, 0.05) is 26.2 Å². The number of nitrogens with zero attached hydrogens (tertiary/aromatic N) is 5. The maximum absolute atomic E-state index is 13.2. The van der Waals surface area contributed by atoms with Crippen LogP contribution in [0.5, 0.6) is 5.75 Å².